The number of hydrogen-bond acceptors (Lipinski definition) is 6. The summed E-state index contributed by atoms with van der Waals surface area (Å²) in [5, 5.41) is 29.4. The van der Waals surface area contributed by atoms with Gasteiger partial charge in [0.05, 0.1) is 11.6 Å². The van der Waals surface area contributed by atoms with Gasteiger partial charge in [-0.05, 0) is 35.9 Å². The van der Waals surface area contributed by atoms with Crippen molar-refractivity contribution in [2.45, 2.75) is 6.10 Å². The molecular formula is C23H28N4O5S. The largest absolute Gasteiger partial charge is 0.508 e. The van der Waals surface area contributed by atoms with E-state index >= 15 is 0 Å². The van der Waals surface area contributed by atoms with E-state index in [1.165, 1.54) is 17.8 Å². The zero-order valence-electron chi connectivity index (χ0n) is 18.2. The topological polar surface area (TPSA) is 150 Å². The molecule has 0 radical (unpaired) electrons. The number of aromatic nitrogens is 1. The Labute approximate surface area is 192 Å². The van der Waals surface area contributed by atoms with Gasteiger partial charge in [-0.1, -0.05) is 30.3 Å². The molecule has 4 rings (SSSR count). The van der Waals surface area contributed by atoms with Gasteiger partial charge in [-0.3, -0.25) is 0 Å². The van der Waals surface area contributed by atoms with Crippen molar-refractivity contribution in [2.75, 3.05) is 26.7 Å². The number of ether oxygens (including phenoxy) is 1. The molecule has 0 spiro atoms. The number of rotatable bonds is 8. The van der Waals surface area contributed by atoms with Crippen LogP contribution in [0.25, 0.3) is 21.8 Å². The predicted octanol–water partition coefficient (Wildman–Crippen LogP) is 2.14. The van der Waals surface area contributed by atoms with Gasteiger partial charge in [0.25, 0.3) is 10.2 Å². The Hall–Kier alpha value is -3.15. The fourth-order valence-corrected chi connectivity index (χ4v) is 3.22. The molecule has 1 atom stereocenters. The highest BCUT2D eigenvalue weighted by atomic mass is 32.2. The number of aliphatic hydroxyl groups excluding tert-OH is 1. The molecule has 4 aromatic rings. The molecule has 0 unspecified atom stereocenters. The van der Waals surface area contributed by atoms with Crippen molar-refractivity contribution in [3.8, 4) is 11.5 Å². The monoisotopic (exact) mass is 472 g/mol. The van der Waals surface area contributed by atoms with Crippen LogP contribution in [-0.2, 0) is 10.2 Å². The maximum atomic E-state index is 10.1. The number of nitrogens with one attached hydrogen (secondary N) is 3. The second kappa shape index (κ2) is 11.1. The van der Waals surface area contributed by atoms with Gasteiger partial charge in [0.15, 0.2) is 0 Å². The lowest BCUT2D eigenvalue weighted by atomic mass is 10.1. The van der Waals surface area contributed by atoms with E-state index < -0.39 is 16.3 Å². The summed E-state index contributed by atoms with van der Waals surface area (Å²) < 4.78 is 27.0. The average molecular weight is 473 g/mol. The SMILES string of the molecule is CNS(N)(=O)=O.Oc1ccc([C@@H](O)CNCCOc2ccc3c(c2)[nH]c2ccccc23)cc1. The molecule has 9 nitrogen and oxygen atoms in total. The van der Waals surface area contributed by atoms with Crippen LogP contribution < -0.4 is 19.9 Å². The van der Waals surface area contributed by atoms with Crippen molar-refractivity contribution in [2.24, 2.45) is 5.14 Å². The molecule has 10 heteroatoms. The summed E-state index contributed by atoms with van der Waals surface area (Å²) in [6.45, 7) is 1.56. The molecule has 176 valence electrons. The molecule has 0 bridgehead atoms. The van der Waals surface area contributed by atoms with Crippen LogP contribution in [-0.4, -0.2) is 50.4 Å². The zero-order valence-corrected chi connectivity index (χ0v) is 19.0. The number of aromatic amines is 1. The third-order valence-electron chi connectivity index (χ3n) is 4.93. The van der Waals surface area contributed by atoms with Crippen molar-refractivity contribution in [1.29, 1.82) is 0 Å². The Morgan fingerprint density at radius 3 is 2.39 bits per heavy atom. The van der Waals surface area contributed by atoms with E-state index in [1.54, 1.807) is 24.3 Å². The van der Waals surface area contributed by atoms with Crippen LogP contribution in [0.2, 0.25) is 0 Å². The van der Waals surface area contributed by atoms with Gasteiger partial charge >= 0.3 is 0 Å². The van der Waals surface area contributed by atoms with Gasteiger partial charge < -0.3 is 25.3 Å². The lowest BCUT2D eigenvalue weighted by Gasteiger charge is -2.13. The number of H-pyrrole nitrogens is 1. The first-order valence-corrected chi connectivity index (χ1v) is 11.8. The summed E-state index contributed by atoms with van der Waals surface area (Å²) in [5.74, 6) is 1.01. The zero-order chi connectivity index (χ0) is 23.8. The first kappa shape index (κ1) is 24.5. The molecule has 0 aliphatic carbocycles. The highest BCUT2D eigenvalue weighted by Gasteiger charge is 2.07. The molecule has 1 aromatic heterocycles. The fourth-order valence-electron chi connectivity index (χ4n) is 3.22. The molecule has 33 heavy (non-hydrogen) atoms. The number of fused-ring (bicyclic) bond motifs is 3. The minimum atomic E-state index is -3.41. The van der Waals surface area contributed by atoms with Gasteiger partial charge in [-0.2, -0.15) is 8.42 Å². The van der Waals surface area contributed by atoms with Gasteiger partial charge in [-0.15, -0.1) is 0 Å². The Bertz CT molecular complexity index is 1290. The van der Waals surface area contributed by atoms with Crippen molar-refractivity contribution in [3.05, 3.63) is 72.3 Å². The molecule has 0 saturated heterocycles. The van der Waals surface area contributed by atoms with Gasteiger partial charge in [0.2, 0.25) is 0 Å². The van der Waals surface area contributed by atoms with Gasteiger partial charge in [0.1, 0.15) is 18.1 Å². The number of para-hydroxylation sites is 1. The first-order valence-electron chi connectivity index (χ1n) is 10.3. The first-order chi connectivity index (χ1) is 15.8. The van der Waals surface area contributed by atoms with Crippen molar-refractivity contribution in [3.63, 3.8) is 0 Å². The average Bonchev–Trinajstić information content (AvgIpc) is 3.17. The third kappa shape index (κ3) is 7.17. The van der Waals surface area contributed by atoms with Gasteiger partial charge in [0, 0.05) is 42.5 Å². The number of phenols is 1. The number of nitrogens with two attached hydrogens (primary N) is 1. The minimum absolute atomic E-state index is 0.194. The molecule has 7 N–H and O–H groups in total. The second-order valence-corrected chi connectivity index (χ2v) is 8.79. The Kier molecular flexibility index (Phi) is 8.26. The lowest BCUT2D eigenvalue weighted by molar-refractivity contribution is 0.172. The molecule has 0 fully saturated rings. The van der Waals surface area contributed by atoms with E-state index in [0.717, 1.165) is 22.3 Å². The van der Waals surface area contributed by atoms with Crippen LogP contribution >= 0.6 is 0 Å². The van der Waals surface area contributed by atoms with Crippen LogP contribution in [0, 0.1) is 0 Å². The molecule has 3 aromatic carbocycles. The van der Waals surface area contributed by atoms with E-state index in [0.29, 0.717) is 19.7 Å². The fraction of sp³-hybridized carbons (Fsp3) is 0.217. The summed E-state index contributed by atoms with van der Waals surface area (Å²) in [6, 6.07) is 20.9. The highest BCUT2D eigenvalue weighted by Crippen LogP contribution is 2.28. The Morgan fingerprint density at radius 2 is 1.70 bits per heavy atom. The molecule has 0 saturated carbocycles. The summed E-state index contributed by atoms with van der Waals surface area (Å²) in [7, 11) is -2.17. The smallest absolute Gasteiger partial charge is 0.274 e. The lowest BCUT2D eigenvalue weighted by Crippen LogP contribution is -2.26. The number of hydrogen-bond donors (Lipinski definition) is 6. The van der Waals surface area contributed by atoms with Crippen molar-refractivity contribution in [1.82, 2.24) is 15.0 Å². The van der Waals surface area contributed by atoms with E-state index in [9.17, 15) is 18.6 Å². The normalized spacial score (nSPS) is 12.3. The van der Waals surface area contributed by atoms with E-state index in [1.807, 2.05) is 29.0 Å². The quantitative estimate of drug-likeness (QED) is 0.216. The molecule has 0 amide bonds. The second-order valence-electron chi connectivity index (χ2n) is 7.29. The van der Waals surface area contributed by atoms with Crippen LogP contribution in [0.4, 0.5) is 0 Å². The van der Waals surface area contributed by atoms with Crippen molar-refractivity contribution < 1.29 is 23.4 Å². The number of benzene rings is 3. The standard InChI is InChI=1S/C22H22N2O3.CH6N2O2S/c25-16-7-5-15(6-8-16)22(26)14-23-11-12-27-17-9-10-19-18-3-1-2-4-20(18)24-21(19)13-17;1-3-6(2,4)5/h1-10,13,22-26H,11-12,14H2;3H,1H3,(H2,2,4,5)/t22-;/m0./s1. The van der Waals surface area contributed by atoms with E-state index in [-0.39, 0.29) is 5.75 Å². The van der Waals surface area contributed by atoms with Gasteiger partial charge in [-0.25, -0.2) is 9.86 Å². The Balaban J connectivity index is 0.000000454. The molecule has 0 aliphatic rings. The van der Waals surface area contributed by atoms with E-state index in [4.69, 9.17) is 4.74 Å². The maximum Gasteiger partial charge on any atom is 0.274 e. The van der Waals surface area contributed by atoms with Crippen LogP contribution in [0.1, 0.15) is 11.7 Å². The summed E-state index contributed by atoms with van der Waals surface area (Å²) in [6.07, 6.45) is -0.617. The van der Waals surface area contributed by atoms with Crippen LogP contribution in [0.15, 0.2) is 66.7 Å². The molecular weight excluding hydrogens is 444 g/mol. The highest BCUT2D eigenvalue weighted by molar-refractivity contribution is 7.87. The van der Waals surface area contributed by atoms with E-state index in [2.05, 4.69) is 33.6 Å². The molecule has 0 aliphatic heterocycles. The third-order valence-corrected chi connectivity index (χ3v) is 5.49. The summed E-state index contributed by atoms with van der Waals surface area (Å²) in [4.78, 5) is 3.41. The minimum Gasteiger partial charge on any atom is -0.508 e. The summed E-state index contributed by atoms with van der Waals surface area (Å²) >= 11 is 0. The summed E-state index contributed by atoms with van der Waals surface area (Å²) in [5.41, 5.74) is 2.95. The number of aromatic hydroxyl groups is 1. The van der Waals surface area contributed by atoms with Crippen LogP contribution in [0.5, 0.6) is 11.5 Å². The Morgan fingerprint density at radius 1 is 1.03 bits per heavy atom. The maximum absolute atomic E-state index is 10.1. The predicted molar refractivity (Wildman–Crippen MR) is 129 cm³/mol. The number of phenolic OH excluding ortho intramolecular Hbond substituents is 1. The van der Waals surface area contributed by atoms with Crippen molar-refractivity contribution >= 4 is 32.0 Å². The molecule has 1 heterocycles. The van der Waals surface area contributed by atoms with Crippen LogP contribution in [0.3, 0.4) is 0 Å². The number of aliphatic hydroxyl groups is 1.